The second-order valence-corrected chi connectivity index (χ2v) is 5.30. The third kappa shape index (κ3) is 2.92. The van der Waals surface area contributed by atoms with Crippen LogP contribution in [0, 0.1) is 6.92 Å². The van der Waals surface area contributed by atoms with Crippen molar-refractivity contribution in [1.82, 2.24) is 5.32 Å². The second-order valence-electron chi connectivity index (χ2n) is 4.24. The summed E-state index contributed by atoms with van der Waals surface area (Å²) in [7, 11) is 1.71. The maximum Gasteiger partial charge on any atom is 0.119 e. The van der Waals surface area contributed by atoms with Gasteiger partial charge in [-0.3, -0.25) is 0 Å². The van der Waals surface area contributed by atoms with Gasteiger partial charge < -0.3 is 10.1 Å². The van der Waals surface area contributed by atoms with Crippen molar-refractivity contribution < 1.29 is 4.74 Å². The largest absolute Gasteiger partial charge is 0.497 e. The van der Waals surface area contributed by atoms with E-state index in [0.717, 1.165) is 5.75 Å². The zero-order valence-corrected chi connectivity index (χ0v) is 10.8. The van der Waals surface area contributed by atoms with E-state index < -0.39 is 0 Å². The van der Waals surface area contributed by atoms with Gasteiger partial charge in [0.1, 0.15) is 5.75 Å². The first-order valence-electron chi connectivity index (χ1n) is 5.80. The molecule has 1 aliphatic heterocycles. The SMILES string of the molecule is COc1ccc(SCC2CCCN2)c(C)c1. The number of hydrogen-bond donors (Lipinski definition) is 1. The number of methoxy groups -OCH3 is 1. The lowest BCUT2D eigenvalue weighted by molar-refractivity contribution is 0.414. The van der Waals surface area contributed by atoms with Gasteiger partial charge in [0, 0.05) is 16.7 Å². The van der Waals surface area contributed by atoms with Gasteiger partial charge in [0.2, 0.25) is 0 Å². The van der Waals surface area contributed by atoms with Crippen LogP contribution in [0.2, 0.25) is 0 Å². The van der Waals surface area contributed by atoms with Crippen molar-refractivity contribution in [2.75, 3.05) is 19.4 Å². The summed E-state index contributed by atoms with van der Waals surface area (Å²) in [4.78, 5) is 1.37. The van der Waals surface area contributed by atoms with Crippen LogP contribution in [-0.4, -0.2) is 25.4 Å². The Hall–Kier alpha value is -0.670. The normalized spacial score (nSPS) is 20.0. The van der Waals surface area contributed by atoms with Crippen LogP contribution in [0.5, 0.6) is 5.75 Å². The first kappa shape index (κ1) is 11.8. The standard InChI is InChI=1S/C13H19NOS/c1-10-8-12(15-2)5-6-13(10)16-9-11-4-3-7-14-11/h5-6,8,11,14H,3-4,7,9H2,1-2H3. The van der Waals surface area contributed by atoms with Crippen LogP contribution in [-0.2, 0) is 0 Å². The number of thioether (sulfide) groups is 1. The van der Waals surface area contributed by atoms with Crippen LogP contribution in [0.3, 0.4) is 0 Å². The van der Waals surface area contributed by atoms with Gasteiger partial charge in [-0.2, -0.15) is 0 Å². The minimum absolute atomic E-state index is 0.700. The average Bonchev–Trinajstić information content (AvgIpc) is 2.80. The molecular weight excluding hydrogens is 218 g/mol. The highest BCUT2D eigenvalue weighted by Gasteiger charge is 2.14. The molecule has 2 rings (SSSR count). The average molecular weight is 237 g/mol. The van der Waals surface area contributed by atoms with Crippen molar-refractivity contribution in [1.29, 1.82) is 0 Å². The van der Waals surface area contributed by atoms with Gasteiger partial charge in [0.05, 0.1) is 7.11 Å². The van der Waals surface area contributed by atoms with Gasteiger partial charge in [-0.15, -0.1) is 11.8 Å². The van der Waals surface area contributed by atoms with Gasteiger partial charge in [-0.25, -0.2) is 0 Å². The van der Waals surface area contributed by atoms with Gasteiger partial charge in [-0.05, 0) is 50.1 Å². The minimum Gasteiger partial charge on any atom is -0.497 e. The Labute approximate surface area is 102 Å². The molecule has 1 unspecified atom stereocenters. The van der Waals surface area contributed by atoms with Crippen molar-refractivity contribution >= 4 is 11.8 Å². The third-order valence-corrected chi connectivity index (χ3v) is 4.32. The molecule has 1 heterocycles. The molecule has 0 spiro atoms. The first-order chi connectivity index (χ1) is 7.79. The number of aryl methyl sites for hydroxylation is 1. The molecule has 0 radical (unpaired) electrons. The fourth-order valence-corrected chi connectivity index (χ4v) is 3.12. The van der Waals surface area contributed by atoms with Crippen molar-refractivity contribution in [2.45, 2.75) is 30.7 Å². The van der Waals surface area contributed by atoms with Gasteiger partial charge in [0.15, 0.2) is 0 Å². The van der Waals surface area contributed by atoms with Gasteiger partial charge in [-0.1, -0.05) is 0 Å². The van der Waals surface area contributed by atoms with Crippen molar-refractivity contribution in [2.24, 2.45) is 0 Å². The predicted octanol–water partition coefficient (Wildman–Crippen LogP) is 2.85. The fraction of sp³-hybridized carbons (Fsp3) is 0.538. The highest BCUT2D eigenvalue weighted by molar-refractivity contribution is 7.99. The minimum atomic E-state index is 0.700. The molecule has 88 valence electrons. The zero-order valence-electron chi connectivity index (χ0n) is 9.95. The van der Waals surface area contributed by atoms with E-state index in [-0.39, 0.29) is 0 Å². The lowest BCUT2D eigenvalue weighted by Crippen LogP contribution is -2.23. The fourth-order valence-electron chi connectivity index (χ4n) is 2.00. The van der Waals surface area contributed by atoms with Crippen LogP contribution < -0.4 is 10.1 Å². The van der Waals surface area contributed by atoms with Crippen LogP contribution in [0.1, 0.15) is 18.4 Å². The van der Waals surface area contributed by atoms with Gasteiger partial charge in [0.25, 0.3) is 0 Å². The number of nitrogens with one attached hydrogen (secondary N) is 1. The maximum atomic E-state index is 5.21. The number of ether oxygens (including phenoxy) is 1. The van der Waals surface area contributed by atoms with E-state index >= 15 is 0 Å². The summed E-state index contributed by atoms with van der Waals surface area (Å²) in [5, 5.41) is 3.52. The van der Waals surface area contributed by atoms with E-state index in [0.29, 0.717) is 6.04 Å². The lowest BCUT2D eigenvalue weighted by atomic mass is 10.2. The molecule has 0 saturated carbocycles. The van der Waals surface area contributed by atoms with Crippen molar-refractivity contribution in [3.63, 3.8) is 0 Å². The summed E-state index contributed by atoms with van der Waals surface area (Å²) < 4.78 is 5.21. The Morgan fingerprint density at radius 3 is 3.00 bits per heavy atom. The van der Waals surface area contributed by atoms with Crippen LogP contribution in [0.25, 0.3) is 0 Å². The van der Waals surface area contributed by atoms with Crippen molar-refractivity contribution in [3.05, 3.63) is 23.8 Å². The van der Waals surface area contributed by atoms with E-state index in [2.05, 4.69) is 24.4 Å². The third-order valence-electron chi connectivity index (χ3n) is 2.98. The number of hydrogen-bond acceptors (Lipinski definition) is 3. The van der Waals surface area contributed by atoms with E-state index in [1.54, 1.807) is 7.11 Å². The molecule has 2 nitrogen and oxygen atoms in total. The molecule has 3 heteroatoms. The smallest absolute Gasteiger partial charge is 0.119 e. The topological polar surface area (TPSA) is 21.3 Å². The maximum absolute atomic E-state index is 5.21. The lowest BCUT2D eigenvalue weighted by Gasteiger charge is -2.11. The molecular formula is C13H19NOS. The number of rotatable bonds is 4. The molecule has 0 amide bonds. The van der Waals surface area contributed by atoms with E-state index in [4.69, 9.17) is 4.74 Å². The highest BCUT2D eigenvalue weighted by atomic mass is 32.2. The van der Waals surface area contributed by atoms with Gasteiger partial charge >= 0.3 is 0 Å². The molecule has 1 fully saturated rings. The highest BCUT2D eigenvalue weighted by Crippen LogP contribution is 2.27. The molecule has 1 atom stereocenters. The monoisotopic (exact) mass is 237 g/mol. The molecule has 1 aromatic rings. The Kier molecular flexibility index (Phi) is 4.13. The Morgan fingerprint density at radius 2 is 2.38 bits per heavy atom. The predicted molar refractivity (Wildman–Crippen MR) is 69.5 cm³/mol. The second kappa shape index (κ2) is 5.60. The van der Waals surface area contributed by atoms with E-state index in [9.17, 15) is 0 Å². The molecule has 0 bridgehead atoms. The molecule has 1 aliphatic rings. The molecule has 0 aromatic heterocycles. The summed E-state index contributed by atoms with van der Waals surface area (Å²) in [6, 6.07) is 7.00. The Balaban J connectivity index is 1.93. The van der Waals surface area contributed by atoms with Crippen LogP contribution in [0.4, 0.5) is 0 Å². The summed E-state index contributed by atoms with van der Waals surface area (Å²) in [5.41, 5.74) is 1.31. The molecule has 16 heavy (non-hydrogen) atoms. The first-order valence-corrected chi connectivity index (χ1v) is 6.79. The van der Waals surface area contributed by atoms with E-state index in [1.165, 1.54) is 35.6 Å². The van der Waals surface area contributed by atoms with Crippen LogP contribution >= 0.6 is 11.8 Å². The molecule has 0 aliphatic carbocycles. The number of benzene rings is 1. The summed E-state index contributed by atoms with van der Waals surface area (Å²) in [5.74, 6) is 2.12. The van der Waals surface area contributed by atoms with Crippen LogP contribution in [0.15, 0.2) is 23.1 Å². The van der Waals surface area contributed by atoms with Crippen molar-refractivity contribution in [3.8, 4) is 5.75 Å². The zero-order chi connectivity index (χ0) is 11.4. The summed E-state index contributed by atoms with van der Waals surface area (Å²) in [6.45, 7) is 3.33. The summed E-state index contributed by atoms with van der Waals surface area (Å²) in [6.07, 6.45) is 2.65. The van der Waals surface area contributed by atoms with E-state index in [1.807, 2.05) is 17.8 Å². The summed E-state index contributed by atoms with van der Waals surface area (Å²) >= 11 is 1.95. The Morgan fingerprint density at radius 1 is 1.50 bits per heavy atom. The quantitative estimate of drug-likeness (QED) is 0.814. The molecule has 1 N–H and O–H groups in total. The Bertz CT molecular complexity index is 348. The molecule has 1 aromatic carbocycles. The molecule has 1 saturated heterocycles.